The van der Waals surface area contributed by atoms with Crippen LogP contribution in [-0.2, 0) is 0 Å². The summed E-state index contributed by atoms with van der Waals surface area (Å²) < 4.78 is 18.6. The van der Waals surface area contributed by atoms with Gasteiger partial charge in [0.05, 0.1) is 34.1 Å². The van der Waals surface area contributed by atoms with Crippen LogP contribution in [0.25, 0.3) is 249 Å². The number of rotatable bonds is 14. The molecule has 0 bridgehead atoms. The number of aromatic nitrogens is 3. The van der Waals surface area contributed by atoms with Crippen LogP contribution in [0.1, 0.15) is 5.56 Å². The highest BCUT2D eigenvalue weighted by Crippen LogP contribution is 2.54. The average molecular weight is 1910 g/mol. The highest BCUT2D eigenvalue weighted by atomic mass is 32.1. The smallest absolute Gasteiger partial charge is 0.160 e. The van der Waals surface area contributed by atoms with Crippen LogP contribution < -0.4 is 9.80 Å². The van der Waals surface area contributed by atoms with E-state index in [9.17, 15) is 0 Å². The zero-order valence-corrected chi connectivity index (χ0v) is 81.5. The van der Waals surface area contributed by atoms with E-state index in [4.69, 9.17) is 18.8 Å². The Bertz CT molecular complexity index is 10200. The predicted octanol–water partition coefficient (Wildman–Crippen LogP) is 39.9. The Morgan fingerprint density at radius 1 is 0.218 bits per heavy atom. The minimum absolute atomic E-state index is 0.686. The van der Waals surface area contributed by atoms with Crippen LogP contribution in [0.4, 0.5) is 34.1 Å². The van der Waals surface area contributed by atoms with Crippen molar-refractivity contribution in [3.8, 4) is 89.5 Å². The minimum atomic E-state index is 0.686. The molecule has 0 spiro atoms. The standard InChI is InChI=1S/C53H34N2O2.C45H27N3S2.C40H26/c1-33-12-9-15-37(32-33)55(47-21-11-19-41-39-17-6-8-23-49(39)57-53(41)47)45-31-27-35-24-28-42-44(30-26-34-25-29-43(45)51(35)50(34)42)54(36-13-3-2-4-14-36)46-20-10-18-40-38-16-5-7-22-48(38)56-52(40)46;1-2-9-28(10-3-1)45-47-39(31-11-8-20-46-27-31)26-40(48-45)34-22-32(29-16-18-43-37(24-29)35-12-4-6-14-41(35)49-43)21-33(23-34)30-17-19-44-38(25-30)36-13-5-7-15-42(36)50-44;1-2-12-31-26-32(25-22-27(31)10-1)28-20-23-30(24-21-28)39-35-15-5-7-17-37(35)40(38-18-8-6-16-36(38)39)34-19-9-13-29-11-3-4-14-33(29)34/h2-32H,1H3;1-27H;1-26H. The first-order valence-electron chi connectivity index (χ1n) is 49.9. The van der Waals surface area contributed by atoms with Crippen LogP contribution >= 0.6 is 22.7 Å². The van der Waals surface area contributed by atoms with Crippen molar-refractivity contribution in [2.24, 2.45) is 0 Å². The largest absolute Gasteiger partial charge is 0.454 e. The third kappa shape index (κ3) is 15.2. The first-order valence-corrected chi connectivity index (χ1v) is 51.5. The molecule has 688 valence electrons. The van der Waals surface area contributed by atoms with Gasteiger partial charge >= 0.3 is 0 Å². The lowest BCUT2D eigenvalue weighted by molar-refractivity contribution is 0.669. The lowest BCUT2D eigenvalue weighted by Gasteiger charge is -2.29. The van der Waals surface area contributed by atoms with Crippen molar-refractivity contribution >= 4 is 216 Å². The first kappa shape index (κ1) is 86.1. The van der Waals surface area contributed by atoms with E-state index >= 15 is 0 Å². The van der Waals surface area contributed by atoms with Gasteiger partial charge in [0.15, 0.2) is 17.0 Å². The number of pyridine rings is 1. The monoisotopic (exact) mass is 1910 g/mol. The second-order valence-electron chi connectivity index (χ2n) is 37.9. The van der Waals surface area contributed by atoms with Gasteiger partial charge < -0.3 is 18.6 Å². The van der Waals surface area contributed by atoms with Crippen LogP contribution in [-0.4, -0.2) is 15.0 Å². The molecular weight excluding hydrogens is 1820 g/mol. The van der Waals surface area contributed by atoms with Gasteiger partial charge in [-0.15, -0.1) is 22.7 Å². The molecule has 7 nitrogen and oxygen atoms in total. The number of anilines is 6. The number of benzene rings is 24. The quantitative estimate of drug-likeness (QED) is 0.0793. The van der Waals surface area contributed by atoms with Crippen molar-refractivity contribution in [2.75, 3.05) is 9.80 Å². The van der Waals surface area contributed by atoms with E-state index in [1.54, 1.807) is 6.20 Å². The van der Waals surface area contributed by atoms with E-state index in [0.717, 1.165) is 117 Å². The summed E-state index contributed by atoms with van der Waals surface area (Å²) in [6.45, 7) is 2.15. The number of hydrogen-bond acceptors (Lipinski definition) is 9. The molecule has 24 aromatic carbocycles. The van der Waals surface area contributed by atoms with Crippen LogP contribution in [0.3, 0.4) is 0 Å². The summed E-state index contributed by atoms with van der Waals surface area (Å²) in [4.78, 5) is 19.4. The third-order valence-corrected chi connectivity index (χ3v) is 31.5. The van der Waals surface area contributed by atoms with Crippen molar-refractivity contribution in [3.63, 3.8) is 0 Å². The van der Waals surface area contributed by atoms with Crippen LogP contribution in [0, 0.1) is 6.92 Å². The summed E-state index contributed by atoms with van der Waals surface area (Å²) in [6, 6.07) is 179. The molecule has 0 saturated carbocycles. The molecule has 6 heterocycles. The highest BCUT2D eigenvalue weighted by Gasteiger charge is 2.29. The van der Waals surface area contributed by atoms with Crippen molar-refractivity contribution in [2.45, 2.75) is 6.92 Å². The van der Waals surface area contributed by atoms with Crippen LogP contribution in [0.2, 0.25) is 0 Å². The molecule has 0 saturated heterocycles. The summed E-state index contributed by atoms with van der Waals surface area (Å²) in [6.07, 6.45) is 3.66. The van der Waals surface area contributed by atoms with Gasteiger partial charge in [-0.25, -0.2) is 9.97 Å². The molecule has 0 aliphatic carbocycles. The molecule has 147 heavy (non-hydrogen) atoms. The summed E-state index contributed by atoms with van der Waals surface area (Å²) >= 11 is 3.69. The van der Waals surface area contributed by atoms with E-state index in [0.29, 0.717) is 5.82 Å². The maximum Gasteiger partial charge on any atom is 0.160 e. The molecule has 0 fully saturated rings. The summed E-state index contributed by atoms with van der Waals surface area (Å²) in [7, 11) is 0. The Hall–Kier alpha value is -18.8. The van der Waals surface area contributed by atoms with Gasteiger partial charge in [0.1, 0.15) is 11.2 Å². The number of aryl methyl sites for hydroxylation is 1. The lowest BCUT2D eigenvalue weighted by Crippen LogP contribution is -2.12. The van der Waals surface area contributed by atoms with Crippen molar-refractivity contribution < 1.29 is 8.83 Å². The zero-order chi connectivity index (χ0) is 97.1. The molecule has 30 aromatic rings. The van der Waals surface area contributed by atoms with Gasteiger partial charge in [-0.3, -0.25) is 4.98 Å². The minimum Gasteiger partial charge on any atom is -0.454 e. The highest BCUT2D eigenvalue weighted by molar-refractivity contribution is 7.26. The van der Waals surface area contributed by atoms with Gasteiger partial charge in [-0.2, -0.15) is 0 Å². The Morgan fingerprint density at radius 2 is 0.639 bits per heavy atom. The molecule has 0 unspecified atom stereocenters. The first-order chi connectivity index (χ1) is 72.8. The molecule has 0 N–H and O–H groups in total. The molecule has 0 atom stereocenters. The van der Waals surface area contributed by atoms with Crippen LogP contribution in [0.15, 0.2) is 519 Å². The Labute approximate surface area is 855 Å². The molecule has 0 aliphatic heterocycles. The van der Waals surface area contributed by atoms with Crippen molar-refractivity contribution in [1.29, 1.82) is 0 Å². The molecule has 9 heteroatoms. The second kappa shape index (κ2) is 36.0. The van der Waals surface area contributed by atoms with Gasteiger partial charge in [-0.05, 0) is 272 Å². The normalized spacial score (nSPS) is 11.7. The number of thiophene rings is 2. The van der Waals surface area contributed by atoms with Gasteiger partial charge in [0.2, 0.25) is 0 Å². The van der Waals surface area contributed by atoms with E-state index in [1.165, 1.54) is 166 Å². The van der Waals surface area contributed by atoms with E-state index < -0.39 is 0 Å². The van der Waals surface area contributed by atoms with Crippen LogP contribution in [0.5, 0.6) is 0 Å². The number of fused-ring (bicyclic) bond motifs is 16. The van der Waals surface area contributed by atoms with Crippen molar-refractivity contribution in [3.05, 3.63) is 515 Å². The van der Waals surface area contributed by atoms with Gasteiger partial charge in [0, 0.05) is 113 Å². The van der Waals surface area contributed by atoms with E-state index in [-0.39, 0.29) is 0 Å². The topological polar surface area (TPSA) is 71.4 Å². The maximum atomic E-state index is 6.68. The molecule has 0 radical (unpaired) electrons. The Balaban J connectivity index is 0.000000108. The molecule has 0 aliphatic rings. The van der Waals surface area contributed by atoms with Gasteiger partial charge in [0.25, 0.3) is 0 Å². The lowest BCUT2D eigenvalue weighted by atomic mass is 9.84. The number of nitrogens with zero attached hydrogens (tertiary/aromatic N) is 5. The third-order valence-electron chi connectivity index (χ3n) is 29.2. The summed E-state index contributed by atoms with van der Waals surface area (Å²) in [5.74, 6) is 0.686. The van der Waals surface area contributed by atoms with E-state index in [2.05, 4.69) is 483 Å². The number of para-hydroxylation sites is 5. The predicted molar refractivity (Wildman–Crippen MR) is 624 cm³/mol. The average Bonchev–Trinajstić information content (AvgIpc) is 1.67. The zero-order valence-electron chi connectivity index (χ0n) is 79.9. The molecule has 0 amide bonds. The molecule has 6 aromatic heterocycles. The maximum absolute atomic E-state index is 6.68. The second-order valence-corrected chi connectivity index (χ2v) is 40.1. The van der Waals surface area contributed by atoms with E-state index in [1.807, 2.05) is 65.3 Å². The fourth-order valence-corrected chi connectivity index (χ4v) is 24.6. The SMILES string of the molecule is Cc1cccc(N(c2ccc3ccc4c(N(c5ccccc5)c5cccc6c5oc5ccccc56)ccc5ccc2c3c54)c2cccc3c2oc2ccccc23)c1.c1ccc(-c2nc(-c3cccnc3)cc(-c3cc(-c4ccc5sc6ccccc6c5c4)cc(-c4ccc5sc6ccccc6c5c4)c3)n2)cc1.c1ccc2cc(-c3ccc(-c4c5ccccc5c(-c5cccc6ccccc56)c5ccccc45)cc3)ccc2c1. The number of hydrogen-bond donors (Lipinski definition) is 0. The van der Waals surface area contributed by atoms with Gasteiger partial charge in [-0.1, -0.05) is 358 Å². The molecular formula is C138H87N5O2S2. The Morgan fingerprint density at radius 3 is 1.22 bits per heavy atom. The number of furan rings is 2. The summed E-state index contributed by atoms with van der Waals surface area (Å²) in [5.41, 5.74) is 27.9. The molecule has 30 rings (SSSR count). The Kier molecular flexibility index (Phi) is 21.1. The van der Waals surface area contributed by atoms with Crippen molar-refractivity contribution in [1.82, 2.24) is 15.0 Å². The fourth-order valence-electron chi connectivity index (χ4n) is 22.4. The fraction of sp³-hybridized carbons (Fsp3) is 0.00725. The summed E-state index contributed by atoms with van der Waals surface area (Å²) in [5, 5.41) is 27.0.